The summed E-state index contributed by atoms with van der Waals surface area (Å²) in [6, 6.07) is 12.6. The maximum atomic E-state index is 13.2. The van der Waals surface area contributed by atoms with E-state index in [-0.39, 0.29) is 11.5 Å². The van der Waals surface area contributed by atoms with Gasteiger partial charge < -0.3 is 15.2 Å². The number of sulfone groups is 1. The largest absolute Gasteiger partial charge is 0.497 e. The molecule has 0 bridgehead atoms. The third kappa shape index (κ3) is 3.31. The lowest BCUT2D eigenvalue weighted by Crippen LogP contribution is -2.41. The second-order valence-corrected chi connectivity index (χ2v) is 8.83. The summed E-state index contributed by atoms with van der Waals surface area (Å²) < 4.78 is 36.6. The van der Waals surface area contributed by atoms with Crippen LogP contribution in [0.4, 0.5) is 0 Å². The molecule has 3 rings (SSSR count). The predicted octanol–water partition coefficient (Wildman–Crippen LogP) is 2.55. The van der Waals surface area contributed by atoms with Gasteiger partial charge in [0.1, 0.15) is 16.5 Å². The van der Waals surface area contributed by atoms with E-state index in [1.165, 1.54) is 31.4 Å². The zero-order chi connectivity index (χ0) is 19.8. The van der Waals surface area contributed by atoms with Gasteiger partial charge in [-0.1, -0.05) is 23.7 Å². The first kappa shape index (κ1) is 19.7. The Morgan fingerprint density at radius 2 is 1.74 bits per heavy atom. The van der Waals surface area contributed by atoms with Crippen LogP contribution in [0.15, 0.2) is 53.4 Å². The summed E-state index contributed by atoms with van der Waals surface area (Å²) in [7, 11) is -2.35. The first-order valence-electron chi connectivity index (χ1n) is 8.36. The predicted molar refractivity (Wildman–Crippen MR) is 102 cm³/mol. The highest BCUT2D eigenvalue weighted by atomic mass is 35.5. The maximum absolute atomic E-state index is 13.2. The number of halogens is 1. The van der Waals surface area contributed by atoms with E-state index in [1.807, 2.05) is 0 Å². The molecule has 0 unspecified atom stereocenters. The Hall–Kier alpha value is -2.09. The molecule has 1 fully saturated rings. The Labute approximate surface area is 163 Å². The van der Waals surface area contributed by atoms with Gasteiger partial charge in [0.2, 0.25) is 0 Å². The van der Waals surface area contributed by atoms with E-state index in [9.17, 15) is 13.2 Å². The van der Waals surface area contributed by atoms with Gasteiger partial charge >= 0.3 is 5.97 Å². The van der Waals surface area contributed by atoms with Crippen molar-refractivity contribution in [2.45, 2.75) is 28.5 Å². The summed E-state index contributed by atoms with van der Waals surface area (Å²) >= 11 is 5.85. The van der Waals surface area contributed by atoms with E-state index in [4.69, 9.17) is 26.8 Å². The fraction of sp³-hybridized carbons (Fsp3) is 0.316. The van der Waals surface area contributed by atoms with Crippen molar-refractivity contribution in [2.75, 3.05) is 13.7 Å². The molecular weight excluding hydrogens is 390 g/mol. The molecule has 0 spiro atoms. The molecule has 1 aliphatic rings. The van der Waals surface area contributed by atoms with Gasteiger partial charge in [-0.25, -0.2) is 13.2 Å². The van der Waals surface area contributed by atoms with Crippen molar-refractivity contribution in [3.63, 3.8) is 0 Å². The lowest BCUT2D eigenvalue weighted by Gasteiger charge is -2.11. The average molecular weight is 410 g/mol. The normalized spacial score (nSPS) is 24.3. The molecule has 144 valence electrons. The topological polar surface area (TPSA) is 95.7 Å². The van der Waals surface area contributed by atoms with Gasteiger partial charge in [-0.05, 0) is 48.9 Å². The maximum Gasteiger partial charge on any atom is 0.328 e. The molecule has 6 nitrogen and oxygen atoms in total. The Bertz CT molecular complexity index is 943. The molecule has 2 aromatic rings. The number of hydrogen-bond acceptors (Lipinski definition) is 6. The molecular formula is C19H20ClNO5S. The van der Waals surface area contributed by atoms with Crippen molar-refractivity contribution >= 4 is 27.4 Å². The number of carbonyl (C=O) groups is 1. The molecule has 1 saturated carbocycles. The molecule has 27 heavy (non-hydrogen) atoms. The molecule has 2 aromatic carbocycles. The van der Waals surface area contributed by atoms with Gasteiger partial charge in [0.25, 0.3) is 0 Å². The Kier molecular flexibility index (Phi) is 5.20. The van der Waals surface area contributed by atoms with E-state index >= 15 is 0 Å². The first-order valence-corrected chi connectivity index (χ1v) is 10.3. The number of methoxy groups -OCH3 is 1. The smallest absolute Gasteiger partial charge is 0.328 e. The zero-order valence-corrected chi connectivity index (χ0v) is 16.5. The van der Waals surface area contributed by atoms with Crippen LogP contribution in [0.3, 0.4) is 0 Å². The Morgan fingerprint density at radius 1 is 1.15 bits per heavy atom. The molecule has 0 amide bonds. The van der Waals surface area contributed by atoms with Crippen molar-refractivity contribution in [3.05, 3.63) is 59.1 Å². The van der Waals surface area contributed by atoms with Crippen LogP contribution < -0.4 is 10.5 Å². The minimum Gasteiger partial charge on any atom is -0.497 e. The number of carbonyl (C=O) groups excluding carboxylic acids is 1. The first-order chi connectivity index (χ1) is 12.8. The molecule has 8 heteroatoms. The molecule has 0 saturated heterocycles. The van der Waals surface area contributed by atoms with Crippen LogP contribution in [0, 0.1) is 0 Å². The fourth-order valence-electron chi connectivity index (χ4n) is 3.34. The average Bonchev–Trinajstić information content (AvgIpc) is 3.31. The molecule has 0 radical (unpaired) electrons. The molecule has 1 aliphatic carbocycles. The van der Waals surface area contributed by atoms with Gasteiger partial charge in [-0.3, -0.25) is 0 Å². The second kappa shape index (κ2) is 7.14. The van der Waals surface area contributed by atoms with Crippen LogP contribution in [0.2, 0.25) is 5.02 Å². The zero-order valence-electron chi connectivity index (χ0n) is 14.9. The third-order valence-corrected chi connectivity index (χ3v) is 7.27. The summed E-state index contributed by atoms with van der Waals surface area (Å²) in [4.78, 5) is 12.6. The van der Waals surface area contributed by atoms with Crippen molar-refractivity contribution < 1.29 is 22.7 Å². The number of ether oxygens (including phenoxy) is 2. The summed E-state index contributed by atoms with van der Waals surface area (Å²) in [5, 5.41) is -0.709. The van der Waals surface area contributed by atoms with E-state index in [2.05, 4.69) is 0 Å². The van der Waals surface area contributed by atoms with Crippen LogP contribution in [0.5, 0.6) is 5.75 Å². The molecule has 0 aliphatic heterocycles. The minimum atomic E-state index is -3.88. The molecule has 2 N–H and O–H groups in total. The van der Waals surface area contributed by atoms with Crippen LogP contribution in [0.25, 0.3) is 0 Å². The van der Waals surface area contributed by atoms with Crippen LogP contribution >= 0.6 is 11.6 Å². The number of esters is 1. The summed E-state index contributed by atoms with van der Waals surface area (Å²) in [6.07, 6.45) is 0. The van der Waals surface area contributed by atoms with Crippen LogP contribution in [-0.2, 0) is 19.4 Å². The lowest BCUT2D eigenvalue weighted by molar-refractivity contribution is -0.145. The van der Waals surface area contributed by atoms with Gasteiger partial charge in [-0.15, -0.1) is 0 Å². The minimum absolute atomic E-state index is 0.0621. The van der Waals surface area contributed by atoms with Gasteiger partial charge in [0.15, 0.2) is 9.84 Å². The van der Waals surface area contributed by atoms with Crippen molar-refractivity contribution in [2.24, 2.45) is 5.73 Å². The SMILES string of the molecule is CCOC(=O)[C@@]1(N)[C@H](c2ccc(OC)cc2)[C@@H]1S(=O)(=O)c1ccc(Cl)cc1. The van der Waals surface area contributed by atoms with E-state index < -0.39 is 32.5 Å². The molecule has 0 heterocycles. The van der Waals surface area contributed by atoms with Crippen LogP contribution in [-0.4, -0.2) is 38.9 Å². The van der Waals surface area contributed by atoms with E-state index in [0.29, 0.717) is 16.3 Å². The summed E-state index contributed by atoms with van der Waals surface area (Å²) in [5.74, 6) is -0.827. The summed E-state index contributed by atoms with van der Waals surface area (Å²) in [6.45, 7) is 1.76. The van der Waals surface area contributed by atoms with E-state index in [1.54, 1.807) is 31.2 Å². The number of rotatable bonds is 6. The van der Waals surface area contributed by atoms with Gasteiger partial charge in [0, 0.05) is 10.9 Å². The highest BCUT2D eigenvalue weighted by molar-refractivity contribution is 7.92. The quantitative estimate of drug-likeness (QED) is 0.736. The van der Waals surface area contributed by atoms with Gasteiger partial charge in [0.05, 0.1) is 18.6 Å². The highest BCUT2D eigenvalue weighted by Crippen LogP contribution is 2.56. The monoisotopic (exact) mass is 409 g/mol. The Morgan fingerprint density at radius 3 is 2.26 bits per heavy atom. The van der Waals surface area contributed by atoms with E-state index in [0.717, 1.165) is 0 Å². The number of benzene rings is 2. The number of hydrogen-bond donors (Lipinski definition) is 1. The van der Waals surface area contributed by atoms with Crippen LogP contribution in [0.1, 0.15) is 18.4 Å². The lowest BCUT2D eigenvalue weighted by atomic mass is 10.1. The number of nitrogens with two attached hydrogens (primary N) is 1. The fourth-order valence-corrected chi connectivity index (χ4v) is 5.70. The van der Waals surface area contributed by atoms with Crippen molar-refractivity contribution in [1.82, 2.24) is 0 Å². The molecule has 0 aromatic heterocycles. The van der Waals surface area contributed by atoms with Crippen molar-refractivity contribution in [1.29, 1.82) is 0 Å². The Balaban J connectivity index is 2.04. The van der Waals surface area contributed by atoms with Gasteiger partial charge in [-0.2, -0.15) is 0 Å². The standard InChI is InChI=1S/C19H20ClNO5S/c1-3-26-18(22)19(21)16(12-4-8-14(25-2)9-5-12)17(19)27(23,24)15-10-6-13(20)7-11-15/h4-11,16-17H,3,21H2,1-2H3/t16-,17+,19-/m1/s1. The van der Waals surface area contributed by atoms with Crippen molar-refractivity contribution in [3.8, 4) is 5.75 Å². The second-order valence-electron chi connectivity index (χ2n) is 6.32. The third-order valence-electron chi connectivity index (χ3n) is 4.76. The summed E-state index contributed by atoms with van der Waals surface area (Å²) in [5.41, 5.74) is 5.29. The molecule has 3 atom stereocenters. The highest BCUT2D eigenvalue weighted by Gasteiger charge is 2.74.